The molecule has 1 atom stereocenters. The molecule has 0 saturated heterocycles. The molecule has 0 aliphatic heterocycles. The smallest absolute Gasteiger partial charge is 0.167 e. The van der Waals surface area contributed by atoms with E-state index in [0.29, 0.717) is 0 Å². The Morgan fingerprint density at radius 1 is 1.40 bits per heavy atom. The molecule has 0 amide bonds. The normalized spacial score (nSPS) is 11.7. The van der Waals surface area contributed by atoms with Gasteiger partial charge in [-0.1, -0.05) is 6.92 Å². The van der Waals surface area contributed by atoms with Crippen LogP contribution in [0, 0.1) is 11.6 Å². The summed E-state index contributed by atoms with van der Waals surface area (Å²) in [6, 6.07) is 3.06. The minimum Gasteiger partial charge on any atom is -0.489 e. The second kappa shape index (κ2) is 6.58. The van der Waals surface area contributed by atoms with Crippen LogP contribution >= 0.6 is 12.4 Å². The first-order valence-electron chi connectivity index (χ1n) is 4.47. The summed E-state index contributed by atoms with van der Waals surface area (Å²) in [5.41, 5.74) is 5.58. The Balaban J connectivity index is 0.00000196. The first kappa shape index (κ1) is 14.1. The molecule has 2 nitrogen and oxygen atoms in total. The maximum atomic E-state index is 13.0. The third-order valence-electron chi connectivity index (χ3n) is 1.87. The van der Waals surface area contributed by atoms with Crippen LogP contribution in [-0.2, 0) is 0 Å². The lowest BCUT2D eigenvalue weighted by Crippen LogP contribution is -2.26. The molecule has 1 unspecified atom stereocenters. The first-order chi connectivity index (χ1) is 6.63. The lowest BCUT2D eigenvalue weighted by atomic mass is 10.2. The Hall–Kier alpha value is -0.870. The summed E-state index contributed by atoms with van der Waals surface area (Å²) in [5, 5.41) is 0. The Morgan fingerprint density at radius 2 is 2.07 bits per heavy atom. The van der Waals surface area contributed by atoms with Gasteiger partial charge in [-0.2, -0.15) is 0 Å². The zero-order valence-electron chi connectivity index (χ0n) is 8.37. The van der Waals surface area contributed by atoms with E-state index in [9.17, 15) is 8.78 Å². The van der Waals surface area contributed by atoms with E-state index in [4.69, 9.17) is 10.5 Å². The van der Waals surface area contributed by atoms with Crippen molar-refractivity contribution in [3.8, 4) is 5.75 Å². The average molecular weight is 238 g/mol. The predicted octanol–water partition coefficient (Wildman–Crippen LogP) is 2.50. The predicted molar refractivity (Wildman–Crippen MR) is 57.4 cm³/mol. The van der Waals surface area contributed by atoms with Gasteiger partial charge in [0.2, 0.25) is 0 Å². The summed E-state index contributed by atoms with van der Waals surface area (Å²) in [5.74, 6) is -1.28. The fraction of sp³-hybridized carbons (Fsp3) is 0.400. The van der Waals surface area contributed by atoms with E-state index in [2.05, 4.69) is 0 Å². The molecule has 0 aromatic heterocycles. The number of nitrogens with two attached hydrogens (primary N) is 1. The molecule has 0 heterocycles. The van der Waals surface area contributed by atoms with Crippen molar-refractivity contribution < 1.29 is 13.5 Å². The van der Waals surface area contributed by atoms with Gasteiger partial charge in [-0.05, 0) is 18.6 Å². The van der Waals surface area contributed by atoms with Gasteiger partial charge in [-0.25, -0.2) is 8.78 Å². The Morgan fingerprint density at radius 3 is 2.60 bits per heavy atom. The maximum absolute atomic E-state index is 13.0. The second-order valence-electron chi connectivity index (χ2n) is 3.05. The highest BCUT2D eigenvalue weighted by Gasteiger charge is 2.06. The molecule has 15 heavy (non-hydrogen) atoms. The van der Waals surface area contributed by atoms with Gasteiger partial charge in [0.25, 0.3) is 0 Å². The molecular weight excluding hydrogens is 224 g/mol. The van der Waals surface area contributed by atoms with Gasteiger partial charge >= 0.3 is 0 Å². The second-order valence-corrected chi connectivity index (χ2v) is 3.05. The number of hydrogen-bond donors (Lipinski definition) is 1. The topological polar surface area (TPSA) is 35.2 Å². The van der Waals surface area contributed by atoms with Gasteiger partial charge in [0.15, 0.2) is 11.6 Å². The van der Waals surface area contributed by atoms with E-state index in [1.165, 1.54) is 6.07 Å². The Labute approximate surface area is 93.8 Å². The molecule has 1 rings (SSSR count). The summed E-state index contributed by atoms with van der Waals surface area (Å²) in [6.07, 6.45) is 0.753. The van der Waals surface area contributed by atoms with Gasteiger partial charge in [0.05, 0.1) is 0 Å². The fourth-order valence-electron chi connectivity index (χ4n) is 0.907. The third kappa shape index (κ3) is 4.44. The standard InChI is InChI=1S/C10H13F2NO.ClH/c1-2-8(13)6-14-10-4-3-7(11)5-9(10)12;/h3-5,8H,2,6,13H2,1H3;1H. The monoisotopic (exact) mass is 237 g/mol. The largest absolute Gasteiger partial charge is 0.489 e. The minimum absolute atomic E-state index is 0. The van der Waals surface area contributed by atoms with Gasteiger partial charge in [0.1, 0.15) is 12.4 Å². The SMILES string of the molecule is CCC(N)COc1ccc(F)cc1F.Cl. The van der Waals surface area contributed by atoms with E-state index in [0.717, 1.165) is 18.6 Å². The molecule has 0 bridgehead atoms. The highest BCUT2D eigenvalue weighted by Crippen LogP contribution is 2.17. The van der Waals surface area contributed by atoms with Crippen molar-refractivity contribution in [1.29, 1.82) is 0 Å². The van der Waals surface area contributed by atoms with Crippen molar-refractivity contribution >= 4 is 12.4 Å². The van der Waals surface area contributed by atoms with Crippen molar-refractivity contribution in [3.05, 3.63) is 29.8 Å². The fourth-order valence-corrected chi connectivity index (χ4v) is 0.907. The molecule has 1 aromatic rings. The van der Waals surface area contributed by atoms with Gasteiger partial charge in [0, 0.05) is 12.1 Å². The van der Waals surface area contributed by atoms with Crippen molar-refractivity contribution in [1.82, 2.24) is 0 Å². The summed E-state index contributed by atoms with van der Waals surface area (Å²) >= 11 is 0. The van der Waals surface area contributed by atoms with Crippen LogP contribution in [0.25, 0.3) is 0 Å². The molecule has 86 valence electrons. The van der Waals surface area contributed by atoms with Crippen LogP contribution < -0.4 is 10.5 Å². The van der Waals surface area contributed by atoms with Crippen molar-refractivity contribution in [2.24, 2.45) is 5.73 Å². The van der Waals surface area contributed by atoms with Gasteiger partial charge < -0.3 is 10.5 Å². The van der Waals surface area contributed by atoms with Crippen LogP contribution in [0.4, 0.5) is 8.78 Å². The van der Waals surface area contributed by atoms with E-state index in [1.807, 2.05) is 6.92 Å². The molecule has 0 spiro atoms. The first-order valence-corrected chi connectivity index (χ1v) is 4.47. The molecule has 0 fully saturated rings. The van der Waals surface area contributed by atoms with E-state index in [-0.39, 0.29) is 30.8 Å². The lowest BCUT2D eigenvalue weighted by Gasteiger charge is -2.11. The quantitative estimate of drug-likeness (QED) is 0.873. The van der Waals surface area contributed by atoms with Crippen LogP contribution in [-0.4, -0.2) is 12.6 Å². The molecule has 0 aliphatic carbocycles. The third-order valence-corrected chi connectivity index (χ3v) is 1.87. The van der Waals surface area contributed by atoms with Crippen LogP contribution in [0.1, 0.15) is 13.3 Å². The van der Waals surface area contributed by atoms with Crippen molar-refractivity contribution in [3.63, 3.8) is 0 Å². The number of benzene rings is 1. The summed E-state index contributed by atoms with van der Waals surface area (Å²) in [7, 11) is 0. The summed E-state index contributed by atoms with van der Waals surface area (Å²) in [6.45, 7) is 2.15. The minimum atomic E-state index is -0.701. The number of ether oxygens (including phenoxy) is 1. The molecule has 2 N–H and O–H groups in total. The van der Waals surface area contributed by atoms with Crippen molar-refractivity contribution in [2.45, 2.75) is 19.4 Å². The summed E-state index contributed by atoms with van der Waals surface area (Å²) < 4.78 is 30.6. The molecular formula is C10H14ClF2NO. The van der Waals surface area contributed by atoms with Gasteiger partial charge in [-0.3, -0.25) is 0 Å². The van der Waals surface area contributed by atoms with E-state index < -0.39 is 11.6 Å². The Kier molecular flexibility index (Phi) is 6.20. The number of halogens is 3. The van der Waals surface area contributed by atoms with Crippen LogP contribution in [0.2, 0.25) is 0 Å². The van der Waals surface area contributed by atoms with E-state index >= 15 is 0 Å². The maximum Gasteiger partial charge on any atom is 0.167 e. The number of hydrogen-bond acceptors (Lipinski definition) is 2. The molecule has 5 heteroatoms. The molecule has 0 saturated carbocycles. The van der Waals surface area contributed by atoms with Crippen LogP contribution in [0.15, 0.2) is 18.2 Å². The highest BCUT2D eigenvalue weighted by atomic mass is 35.5. The van der Waals surface area contributed by atoms with E-state index in [1.54, 1.807) is 0 Å². The lowest BCUT2D eigenvalue weighted by molar-refractivity contribution is 0.272. The zero-order valence-corrected chi connectivity index (χ0v) is 9.19. The van der Waals surface area contributed by atoms with Gasteiger partial charge in [-0.15, -0.1) is 12.4 Å². The zero-order chi connectivity index (χ0) is 10.6. The van der Waals surface area contributed by atoms with Crippen molar-refractivity contribution in [2.75, 3.05) is 6.61 Å². The van der Waals surface area contributed by atoms with Crippen LogP contribution in [0.5, 0.6) is 5.75 Å². The highest BCUT2D eigenvalue weighted by molar-refractivity contribution is 5.85. The molecule has 0 aliphatic rings. The van der Waals surface area contributed by atoms with Crippen LogP contribution in [0.3, 0.4) is 0 Å². The Bertz CT molecular complexity index is 309. The average Bonchev–Trinajstić information content (AvgIpc) is 2.16. The summed E-state index contributed by atoms with van der Waals surface area (Å²) in [4.78, 5) is 0. The molecule has 0 radical (unpaired) electrons. The number of rotatable bonds is 4. The molecule has 1 aromatic carbocycles.